The summed E-state index contributed by atoms with van der Waals surface area (Å²) in [6, 6.07) is 5.43. The molecule has 5 nitrogen and oxygen atoms in total. The first-order chi connectivity index (χ1) is 13.2. The van der Waals surface area contributed by atoms with Crippen molar-refractivity contribution in [3.63, 3.8) is 0 Å². The zero-order valence-corrected chi connectivity index (χ0v) is 20.0. The van der Waals surface area contributed by atoms with E-state index in [9.17, 15) is 26.7 Å². The lowest BCUT2D eigenvalue weighted by atomic mass is 9.94. The van der Waals surface area contributed by atoms with Crippen molar-refractivity contribution in [2.75, 3.05) is 12.4 Å². The van der Waals surface area contributed by atoms with Crippen molar-refractivity contribution in [3.8, 4) is 6.07 Å². The van der Waals surface area contributed by atoms with Crippen molar-refractivity contribution in [2.45, 2.75) is 49.1 Å². The predicted molar refractivity (Wildman–Crippen MR) is 115 cm³/mol. The van der Waals surface area contributed by atoms with Crippen LogP contribution in [0.3, 0.4) is 0 Å². The molecule has 3 atom stereocenters. The van der Waals surface area contributed by atoms with Gasteiger partial charge in [0.2, 0.25) is 0 Å². The fourth-order valence-corrected chi connectivity index (χ4v) is 5.63. The molecule has 0 bridgehead atoms. The van der Waals surface area contributed by atoms with Crippen LogP contribution in [0.2, 0.25) is 0 Å². The summed E-state index contributed by atoms with van der Waals surface area (Å²) in [4.78, 5) is 0. The number of rotatable bonds is 9. The molecule has 0 heterocycles. The van der Waals surface area contributed by atoms with Crippen molar-refractivity contribution in [3.05, 3.63) is 46.7 Å². The summed E-state index contributed by atoms with van der Waals surface area (Å²) >= 11 is 3.17. The number of sulfone groups is 1. The fraction of sp³-hybridized carbons (Fsp3) is 0.526. The molecule has 0 aliphatic carbocycles. The van der Waals surface area contributed by atoms with Crippen molar-refractivity contribution in [1.82, 2.24) is 4.72 Å². The van der Waals surface area contributed by atoms with Crippen molar-refractivity contribution < 1.29 is 21.4 Å². The van der Waals surface area contributed by atoms with Gasteiger partial charge in [-0.05, 0) is 52.3 Å². The third-order valence-electron chi connectivity index (χ3n) is 4.41. The van der Waals surface area contributed by atoms with Gasteiger partial charge < -0.3 is 0 Å². The lowest BCUT2D eigenvalue weighted by Crippen LogP contribution is -2.56. The fourth-order valence-electron chi connectivity index (χ4n) is 2.50. The Morgan fingerprint density at radius 2 is 1.93 bits per heavy atom. The maximum absolute atomic E-state index is 14.7. The Hall–Kier alpha value is -1.15. The summed E-state index contributed by atoms with van der Waals surface area (Å²) in [6.07, 6.45) is 1.08. The maximum Gasteiger partial charge on any atom is 0.171 e. The second-order valence-corrected chi connectivity index (χ2v) is 13.2. The van der Waals surface area contributed by atoms with Gasteiger partial charge in [-0.25, -0.2) is 26.1 Å². The zero-order chi connectivity index (χ0) is 22.7. The minimum absolute atomic E-state index is 0.197. The first kappa shape index (κ1) is 25.9. The second kappa shape index (κ2) is 9.33. The Kier molecular flexibility index (Phi) is 8.33. The van der Waals surface area contributed by atoms with Gasteiger partial charge in [0, 0.05) is 10.0 Å². The number of halogens is 3. The minimum atomic E-state index is -4.32. The molecule has 0 radical (unpaired) electrons. The van der Waals surface area contributed by atoms with E-state index >= 15 is 0 Å². The molecular formula is C19H25BrF2N2O3S2. The molecule has 0 fully saturated rings. The van der Waals surface area contributed by atoms with E-state index < -0.39 is 54.1 Å². The first-order valence-electron chi connectivity index (χ1n) is 8.64. The minimum Gasteiger partial charge on any atom is -0.249 e. The highest BCUT2D eigenvalue weighted by molar-refractivity contribution is 9.10. The molecule has 1 aromatic carbocycles. The number of allylic oxidation sites excluding steroid dienone is 1. The Morgan fingerprint density at radius 3 is 2.38 bits per heavy atom. The molecule has 0 amide bonds. The molecule has 162 valence electrons. The molecule has 10 heteroatoms. The number of hydrogen-bond acceptors (Lipinski definition) is 4. The summed E-state index contributed by atoms with van der Waals surface area (Å²) in [5.41, 5.74) is -2.46. The van der Waals surface area contributed by atoms with Gasteiger partial charge in [0.25, 0.3) is 0 Å². The van der Waals surface area contributed by atoms with Crippen LogP contribution in [0.4, 0.5) is 8.78 Å². The monoisotopic (exact) mass is 510 g/mol. The zero-order valence-electron chi connectivity index (χ0n) is 16.8. The van der Waals surface area contributed by atoms with Gasteiger partial charge in [0.15, 0.2) is 14.6 Å². The molecule has 1 aromatic rings. The van der Waals surface area contributed by atoms with E-state index in [1.807, 2.05) is 0 Å². The number of nitrogens with one attached hydrogen (secondary N) is 1. The quantitative estimate of drug-likeness (QED) is 0.507. The van der Waals surface area contributed by atoms with E-state index in [0.29, 0.717) is 4.47 Å². The van der Waals surface area contributed by atoms with Gasteiger partial charge in [-0.1, -0.05) is 22.0 Å². The van der Waals surface area contributed by atoms with Gasteiger partial charge in [-0.2, -0.15) is 5.26 Å². The Bertz CT molecular complexity index is 942. The van der Waals surface area contributed by atoms with E-state index in [2.05, 4.69) is 27.2 Å². The highest BCUT2D eigenvalue weighted by Crippen LogP contribution is 2.34. The Morgan fingerprint density at radius 1 is 1.34 bits per heavy atom. The average Bonchev–Trinajstić information content (AvgIpc) is 2.61. The van der Waals surface area contributed by atoms with Gasteiger partial charge in [-0.15, -0.1) is 6.58 Å². The van der Waals surface area contributed by atoms with E-state index in [-0.39, 0.29) is 12.0 Å². The number of benzene rings is 1. The summed E-state index contributed by atoms with van der Waals surface area (Å²) in [6.45, 7) is 8.14. The van der Waals surface area contributed by atoms with E-state index in [1.165, 1.54) is 25.1 Å². The van der Waals surface area contributed by atoms with Gasteiger partial charge in [0.05, 0.1) is 27.6 Å². The highest BCUT2D eigenvalue weighted by Gasteiger charge is 2.48. The first-order valence-corrected chi connectivity index (χ1v) is 12.2. The van der Waals surface area contributed by atoms with Gasteiger partial charge >= 0.3 is 0 Å². The lowest BCUT2D eigenvalue weighted by molar-refractivity contribution is 0.303. The van der Waals surface area contributed by atoms with E-state index in [0.717, 1.165) is 6.07 Å². The van der Waals surface area contributed by atoms with Gasteiger partial charge in [0.1, 0.15) is 18.0 Å². The molecule has 0 spiro atoms. The standard InChI is InChI=1S/C19H25BrF2N2O3S2/c1-6-9-18(5,12-23)29(26,27)13-19(11-21,24-28(25)17(2,3)4)15-10-14(20)7-8-16(15)22/h6-8,10,24H,1,9,11,13H2,2-5H3/t18-,19+,28?/m1/s1. The van der Waals surface area contributed by atoms with Crippen molar-refractivity contribution >= 4 is 36.8 Å². The normalized spacial score (nSPS) is 17.6. The van der Waals surface area contributed by atoms with E-state index in [4.69, 9.17) is 0 Å². The van der Waals surface area contributed by atoms with Crippen LogP contribution in [-0.4, -0.2) is 34.5 Å². The average molecular weight is 511 g/mol. The van der Waals surface area contributed by atoms with Crippen LogP contribution < -0.4 is 4.72 Å². The molecule has 0 aliphatic heterocycles. The SMILES string of the molecule is C=CC[C@](C)(C#N)S(=O)(=O)C[C@](CF)(NS(=O)C(C)(C)C)c1cc(Br)ccc1F. The van der Waals surface area contributed by atoms with Crippen molar-refractivity contribution in [1.29, 1.82) is 5.26 Å². The van der Waals surface area contributed by atoms with Gasteiger partial charge in [-0.3, -0.25) is 0 Å². The largest absolute Gasteiger partial charge is 0.249 e. The molecule has 0 aliphatic rings. The summed E-state index contributed by atoms with van der Waals surface area (Å²) in [7, 11) is -6.25. The molecule has 0 saturated carbocycles. The molecule has 29 heavy (non-hydrogen) atoms. The van der Waals surface area contributed by atoms with Crippen LogP contribution in [-0.2, 0) is 26.4 Å². The number of nitriles is 1. The van der Waals surface area contributed by atoms with Crippen molar-refractivity contribution in [2.24, 2.45) is 0 Å². The van der Waals surface area contributed by atoms with Crippen LogP contribution >= 0.6 is 15.9 Å². The van der Waals surface area contributed by atoms with Crippen LogP contribution in [0.25, 0.3) is 0 Å². The summed E-state index contributed by atoms with van der Waals surface area (Å²) < 4.78 is 68.4. The molecular weight excluding hydrogens is 486 g/mol. The molecule has 1 unspecified atom stereocenters. The topological polar surface area (TPSA) is 87.0 Å². The molecule has 1 rings (SSSR count). The second-order valence-electron chi connectivity index (χ2n) is 7.92. The molecule has 0 saturated heterocycles. The summed E-state index contributed by atoms with van der Waals surface area (Å²) in [5.74, 6) is -1.83. The molecule has 0 aromatic heterocycles. The maximum atomic E-state index is 14.7. The Balaban J connectivity index is 3.72. The van der Waals surface area contributed by atoms with Crippen LogP contribution in [0.15, 0.2) is 35.3 Å². The van der Waals surface area contributed by atoms with Crippen LogP contribution in [0.1, 0.15) is 39.7 Å². The predicted octanol–water partition coefficient (Wildman–Crippen LogP) is 4.08. The third kappa shape index (κ3) is 5.72. The smallest absolute Gasteiger partial charge is 0.171 e. The number of nitrogens with zero attached hydrogens (tertiary/aromatic N) is 1. The number of alkyl halides is 1. The lowest BCUT2D eigenvalue weighted by Gasteiger charge is -2.36. The molecule has 1 N–H and O–H groups in total. The highest BCUT2D eigenvalue weighted by atomic mass is 79.9. The van der Waals surface area contributed by atoms with E-state index in [1.54, 1.807) is 26.8 Å². The van der Waals surface area contributed by atoms with Crippen LogP contribution in [0, 0.1) is 17.1 Å². The Labute approximate surface area is 182 Å². The van der Waals surface area contributed by atoms with Crippen LogP contribution in [0.5, 0.6) is 0 Å². The summed E-state index contributed by atoms with van der Waals surface area (Å²) in [5, 5.41) is 9.47. The number of hydrogen-bond donors (Lipinski definition) is 1. The third-order valence-corrected chi connectivity index (χ3v) is 9.09.